The van der Waals surface area contributed by atoms with Crippen molar-refractivity contribution in [3.63, 3.8) is 0 Å². The summed E-state index contributed by atoms with van der Waals surface area (Å²) in [4.78, 5) is 21.9. The molecule has 0 aliphatic carbocycles. The lowest BCUT2D eigenvalue weighted by atomic mass is 10.1. The van der Waals surface area contributed by atoms with Gasteiger partial charge in [0.15, 0.2) is 0 Å². The van der Waals surface area contributed by atoms with Crippen molar-refractivity contribution in [2.45, 2.75) is 19.3 Å². The van der Waals surface area contributed by atoms with Gasteiger partial charge in [-0.2, -0.15) is 0 Å². The van der Waals surface area contributed by atoms with Crippen LogP contribution in [0.15, 0.2) is 53.3 Å². The molecule has 4 nitrogen and oxygen atoms in total. The fourth-order valence-corrected chi connectivity index (χ4v) is 3.31. The highest BCUT2D eigenvalue weighted by atomic mass is 16.1. The summed E-state index contributed by atoms with van der Waals surface area (Å²) in [5.74, 6) is 0.573. The molecule has 2 aromatic carbocycles. The van der Waals surface area contributed by atoms with Gasteiger partial charge in [-0.1, -0.05) is 30.3 Å². The van der Waals surface area contributed by atoms with E-state index in [2.05, 4.69) is 39.1 Å². The van der Waals surface area contributed by atoms with Gasteiger partial charge in [-0.25, -0.2) is 4.98 Å². The molecule has 3 aromatic rings. The summed E-state index contributed by atoms with van der Waals surface area (Å²) in [6.45, 7) is 2.30. The van der Waals surface area contributed by atoms with Crippen molar-refractivity contribution in [3.05, 3.63) is 70.3 Å². The number of hydrogen-bond donors (Lipinski definition) is 1. The smallest absolute Gasteiger partial charge is 0.259 e. The number of nitrogens with zero attached hydrogens (tertiary/aromatic N) is 2. The summed E-state index contributed by atoms with van der Waals surface area (Å²) in [5.41, 5.74) is 2.99. The number of H-pyrrole nitrogens is 1. The van der Waals surface area contributed by atoms with Crippen LogP contribution < -0.4 is 10.5 Å². The Morgan fingerprint density at radius 2 is 1.68 bits per heavy atom. The standard InChI is InChI=1S/C21H21N3O/c25-21-18-6-2-3-7-19(18)22-20(23-21)13-10-16-8-11-17(12-9-16)24-14-4-1-5-15-24/h2-3,6-13H,1,4-5,14-15H2,(H,22,23,25)/b13-10+. The zero-order chi connectivity index (χ0) is 17.1. The third kappa shape index (κ3) is 3.48. The Kier molecular flexibility index (Phi) is 4.34. The second kappa shape index (κ2) is 6.93. The maximum atomic E-state index is 12.1. The van der Waals surface area contributed by atoms with E-state index in [0.29, 0.717) is 16.7 Å². The summed E-state index contributed by atoms with van der Waals surface area (Å²) in [7, 11) is 0. The molecule has 0 spiro atoms. The van der Waals surface area contributed by atoms with Crippen LogP contribution in [0.25, 0.3) is 23.1 Å². The van der Waals surface area contributed by atoms with Gasteiger partial charge in [0.05, 0.1) is 10.9 Å². The van der Waals surface area contributed by atoms with Gasteiger partial charge in [0, 0.05) is 18.8 Å². The van der Waals surface area contributed by atoms with Crippen molar-refractivity contribution < 1.29 is 0 Å². The van der Waals surface area contributed by atoms with Crippen LogP contribution >= 0.6 is 0 Å². The number of piperidine rings is 1. The van der Waals surface area contributed by atoms with Crippen molar-refractivity contribution in [1.29, 1.82) is 0 Å². The number of aromatic amines is 1. The lowest BCUT2D eigenvalue weighted by molar-refractivity contribution is 0.578. The molecule has 0 atom stereocenters. The Morgan fingerprint density at radius 3 is 2.48 bits per heavy atom. The van der Waals surface area contributed by atoms with Crippen LogP contribution in [0.2, 0.25) is 0 Å². The molecule has 1 N–H and O–H groups in total. The van der Waals surface area contributed by atoms with Gasteiger partial charge in [0.2, 0.25) is 0 Å². The summed E-state index contributed by atoms with van der Waals surface area (Å²) in [6, 6.07) is 15.9. The van der Waals surface area contributed by atoms with Crippen LogP contribution in [0.5, 0.6) is 0 Å². The zero-order valence-corrected chi connectivity index (χ0v) is 14.1. The zero-order valence-electron chi connectivity index (χ0n) is 14.1. The van der Waals surface area contributed by atoms with E-state index in [9.17, 15) is 4.79 Å². The first-order chi connectivity index (χ1) is 12.3. The van der Waals surface area contributed by atoms with Crippen molar-refractivity contribution >= 4 is 28.7 Å². The molecule has 0 saturated carbocycles. The predicted molar refractivity (Wildman–Crippen MR) is 104 cm³/mol. The van der Waals surface area contributed by atoms with Gasteiger partial charge >= 0.3 is 0 Å². The van der Waals surface area contributed by atoms with Gasteiger partial charge in [-0.3, -0.25) is 4.79 Å². The molecule has 0 unspecified atom stereocenters. The molecule has 1 fully saturated rings. The van der Waals surface area contributed by atoms with Crippen LogP contribution in [-0.4, -0.2) is 23.1 Å². The quantitative estimate of drug-likeness (QED) is 0.786. The number of aromatic nitrogens is 2. The minimum atomic E-state index is -0.106. The lowest BCUT2D eigenvalue weighted by Gasteiger charge is -2.28. The van der Waals surface area contributed by atoms with E-state index in [4.69, 9.17) is 0 Å². The average Bonchev–Trinajstić information content (AvgIpc) is 2.68. The Bertz CT molecular complexity index is 951. The minimum Gasteiger partial charge on any atom is -0.372 e. The van der Waals surface area contributed by atoms with Crippen molar-refractivity contribution in [2.24, 2.45) is 0 Å². The summed E-state index contributed by atoms with van der Waals surface area (Å²) >= 11 is 0. The molecule has 4 heteroatoms. The first-order valence-corrected chi connectivity index (χ1v) is 8.82. The number of fused-ring (bicyclic) bond motifs is 1. The van der Waals surface area contributed by atoms with Gasteiger partial charge in [0.25, 0.3) is 5.56 Å². The summed E-state index contributed by atoms with van der Waals surface area (Å²) in [6.07, 6.45) is 7.73. The number of benzene rings is 2. The van der Waals surface area contributed by atoms with Crippen LogP contribution in [0.1, 0.15) is 30.7 Å². The Hall–Kier alpha value is -2.88. The first-order valence-electron chi connectivity index (χ1n) is 8.82. The van der Waals surface area contributed by atoms with Crippen molar-refractivity contribution in [2.75, 3.05) is 18.0 Å². The second-order valence-corrected chi connectivity index (χ2v) is 6.44. The molecule has 0 amide bonds. The molecule has 1 aliphatic rings. The number of nitrogens with one attached hydrogen (secondary N) is 1. The van der Waals surface area contributed by atoms with Crippen LogP contribution in [-0.2, 0) is 0 Å². The van der Waals surface area contributed by atoms with Gasteiger partial charge < -0.3 is 9.88 Å². The van der Waals surface area contributed by atoms with Gasteiger partial charge in [0.1, 0.15) is 5.82 Å². The fraction of sp³-hybridized carbons (Fsp3) is 0.238. The SMILES string of the molecule is O=c1[nH]c(/C=C/c2ccc(N3CCCCC3)cc2)nc2ccccc12. The van der Waals surface area contributed by atoms with Gasteiger partial charge in [-0.05, 0) is 55.2 Å². The third-order valence-corrected chi connectivity index (χ3v) is 4.68. The molecule has 0 radical (unpaired) electrons. The monoisotopic (exact) mass is 331 g/mol. The molecule has 1 aromatic heterocycles. The molecule has 4 rings (SSSR count). The second-order valence-electron chi connectivity index (χ2n) is 6.44. The van der Waals surface area contributed by atoms with Crippen molar-refractivity contribution in [1.82, 2.24) is 9.97 Å². The third-order valence-electron chi connectivity index (χ3n) is 4.68. The molecule has 25 heavy (non-hydrogen) atoms. The maximum Gasteiger partial charge on any atom is 0.259 e. The first kappa shape index (κ1) is 15.6. The van der Waals surface area contributed by atoms with Crippen LogP contribution in [0.4, 0.5) is 5.69 Å². The molecule has 1 saturated heterocycles. The molecule has 0 bridgehead atoms. The van der Waals surface area contributed by atoms with E-state index in [1.54, 1.807) is 6.07 Å². The molecule has 126 valence electrons. The minimum absolute atomic E-state index is 0.106. The van der Waals surface area contributed by atoms with E-state index in [-0.39, 0.29) is 5.56 Å². The van der Waals surface area contributed by atoms with E-state index in [1.165, 1.54) is 24.9 Å². The highest BCUT2D eigenvalue weighted by Crippen LogP contribution is 2.20. The normalized spacial score (nSPS) is 15.1. The van der Waals surface area contributed by atoms with Crippen LogP contribution in [0.3, 0.4) is 0 Å². The molecular formula is C21H21N3O. The number of para-hydroxylation sites is 1. The topological polar surface area (TPSA) is 49.0 Å². The maximum absolute atomic E-state index is 12.1. The Labute approximate surface area is 146 Å². The molecular weight excluding hydrogens is 310 g/mol. The van der Waals surface area contributed by atoms with Crippen LogP contribution in [0, 0.1) is 0 Å². The predicted octanol–water partition coefficient (Wildman–Crippen LogP) is 4.08. The molecule has 2 heterocycles. The summed E-state index contributed by atoms with van der Waals surface area (Å²) < 4.78 is 0. The average molecular weight is 331 g/mol. The van der Waals surface area contributed by atoms with E-state index >= 15 is 0 Å². The van der Waals surface area contributed by atoms with E-state index in [1.807, 2.05) is 30.4 Å². The highest BCUT2D eigenvalue weighted by Gasteiger charge is 2.10. The number of rotatable bonds is 3. The Morgan fingerprint density at radius 1 is 0.920 bits per heavy atom. The van der Waals surface area contributed by atoms with Crippen molar-refractivity contribution in [3.8, 4) is 0 Å². The largest absolute Gasteiger partial charge is 0.372 e. The van der Waals surface area contributed by atoms with Gasteiger partial charge in [-0.15, -0.1) is 0 Å². The van der Waals surface area contributed by atoms with E-state index < -0.39 is 0 Å². The highest BCUT2D eigenvalue weighted by molar-refractivity contribution is 5.79. The number of anilines is 1. The van der Waals surface area contributed by atoms with E-state index in [0.717, 1.165) is 18.7 Å². The Balaban J connectivity index is 1.54. The molecule has 1 aliphatic heterocycles. The summed E-state index contributed by atoms with van der Waals surface area (Å²) in [5, 5.41) is 0.616. The lowest BCUT2D eigenvalue weighted by Crippen LogP contribution is -2.29. The number of hydrogen-bond acceptors (Lipinski definition) is 3. The fourth-order valence-electron chi connectivity index (χ4n) is 3.31.